The summed E-state index contributed by atoms with van der Waals surface area (Å²) in [4.78, 5) is 26.2. The van der Waals surface area contributed by atoms with Gasteiger partial charge >= 0.3 is 0 Å². The van der Waals surface area contributed by atoms with Crippen molar-refractivity contribution in [1.82, 2.24) is 4.90 Å². The number of Topliss-reactive ketones (excluding diaryl/α,β-unsaturated/α-hetero) is 1. The number of carbonyl (C=O) groups excluding carboxylic acids is 2. The van der Waals surface area contributed by atoms with Crippen LogP contribution in [0.25, 0.3) is 6.08 Å². The molecule has 1 atom stereocenters. The number of thiophene rings is 1. The molecule has 0 bridgehead atoms. The third-order valence-corrected chi connectivity index (χ3v) is 4.54. The van der Waals surface area contributed by atoms with Crippen LogP contribution in [-0.2, 0) is 4.79 Å². The molecular weight excluding hydrogens is 298 g/mol. The Morgan fingerprint density at radius 1 is 1.41 bits per heavy atom. The second kappa shape index (κ2) is 6.75. The largest absolute Gasteiger partial charge is 0.461 e. The summed E-state index contributed by atoms with van der Waals surface area (Å²) in [6.45, 7) is 0.711. The Hall–Kier alpha value is -2.14. The molecule has 4 nitrogen and oxygen atoms in total. The van der Waals surface area contributed by atoms with Crippen molar-refractivity contribution in [2.45, 2.75) is 25.3 Å². The number of carbonyl (C=O) groups is 2. The van der Waals surface area contributed by atoms with Gasteiger partial charge in [-0.2, -0.15) is 11.3 Å². The van der Waals surface area contributed by atoms with E-state index >= 15 is 0 Å². The number of nitrogens with zero attached hydrogens (tertiary/aromatic N) is 1. The Balaban J connectivity index is 1.62. The van der Waals surface area contributed by atoms with E-state index in [4.69, 9.17) is 4.42 Å². The highest BCUT2D eigenvalue weighted by atomic mass is 32.1. The molecule has 2 aromatic rings. The molecule has 114 valence electrons. The number of likely N-dealkylation sites (tertiary alicyclic amines) is 1. The first-order chi connectivity index (χ1) is 10.7. The van der Waals surface area contributed by atoms with Gasteiger partial charge in [0.1, 0.15) is 0 Å². The summed E-state index contributed by atoms with van der Waals surface area (Å²) in [5.41, 5.74) is 1.03. The number of rotatable bonds is 5. The van der Waals surface area contributed by atoms with Gasteiger partial charge in [0.25, 0.3) is 0 Å². The molecular formula is C17H17NO3S. The SMILES string of the molecule is O=C(CC1CCCN1C(=O)C=Cc1ccsc1)c1ccco1. The number of hydrogen-bond donors (Lipinski definition) is 0. The maximum absolute atomic E-state index is 12.3. The Morgan fingerprint density at radius 2 is 2.32 bits per heavy atom. The molecule has 0 saturated carbocycles. The molecule has 0 N–H and O–H groups in total. The molecule has 22 heavy (non-hydrogen) atoms. The predicted molar refractivity (Wildman–Crippen MR) is 85.7 cm³/mol. The minimum Gasteiger partial charge on any atom is -0.461 e. The molecule has 0 aromatic carbocycles. The van der Waals surface area contributed by atoms with Gasteiger partial charge in [0.05, 0.1) is 6.26 Å². The Morgan fingerprint density at radius 3 is 3.05 bits per heavy atom. The van der Waals surface area contributed by atoms with E-state index in [1.807, 2.05) is 22.9 Å². The summed E-state index contributed by atoms with van der Waals surface area (Å²) < 4.78 is 5.13. The monoisotopic (exact) mass is 315 g/mol. The van der Waals surface area contributed by atoms with E-state index in [0.717, 1.165) is 18.4 Å². The van der Waals surface area contributed by atoms with Gasteiger partial charge in [-0.15, -0.1) is 0 Å². The van der Waals surface area contributed by atoms with Gasteiger partial charge in [0.15, 0.2) is 11.5 Å². The van der Waals surface area contributed by atoms with Gasteiger partial charge in [-0.3, -0.25) is 9.59 Å². The highest BCUT2D eigenvalue weighted by molar-refractivity contribution is 7.08. The van der Waals surface area contributed by atoms with Crippen LogP contribution >= 0.6 is 11.3 Å². The van der Waals surface area contributed by atoms with E-state index in [9.17, 15) is 9.59 Å². The number of hydrogen-bond acceptors (Lipinski definition) is 4. The summed E-state index contributed by atoms with van der Waals surface area (Å²) >= 11 is 1.60. The maximum Gasteiger partial charge on any atom is 0.246 e. The number of furan rings is 1. The summed E-state index contributed by atoms with van der Waals surface area (Å²) in [5, 5.41) is 3.97. The van der Waals surface area contributed by atoms with E-state index < -0.39 is 0 Å². The van der Waals surface area contributed by atoms with Crippen molar-refractivity contribution in [3.05, 3.63) is 52.6 Å². The fourth-order valence-corrected chi connectivity index (χ4v) is 3.35. The summed E-state index contributed by atoms with van der Waals surface area (Å²) in [7, 11) is 0. The molecule has 3 rings (SSSR count). The Kier molecular flexibility index (Phi) is 4.53. The third-order valence-electron chi connectivity index (χ3n) is 3.84. The molecule has 0 spiro atoms. The van der Waals surface area contributed by atoms with Crippen molar-refractivity contribution in [2.75, 3.05) is 6.54 Å². The van der Waals surface area contributed by atoms with Crippen LogP contribution in [0, 0.1) is 0 Å². The highest BCUT2D eigenvalue weighted by Crippen LogP contribution is 2.22. The van der Waals surface area contributed by atoms with Crippen LogP contribution in [0.5, 0.6) is 0 Å². The van der Waals surface area contributed by atoms with Gasteiger partial charge < -0.3 is 9.32 Å². The van der Waals surface area contributed by atoms with Gasteiger partial charge in [-0.05, 0) is 53.4 Å². The van der Waals surface area contributed by atoms with E-state index in [0.29, 0.717) is 18.7 Å². The Bertz CT molecular complexity index is 658. The summed E-state index contributed by atoms with van der Waals surface area (Å²) in [5.74, 6) is 0.297. The zero-order valence-corrected chi connectivity index (χ0v) is 12.9. The zero-order chi connectivity index (χ0) is 15.4. The van der Waals surface area contributed by atoms with Crippen LogP contribution in [0.15, 0.2) is 45.7 Å². The van der Waals surface area contributed by atoms with Crippen molar-refractivity contribution in [3.63, 3.8) is 0 Å². The zero-order valence-electron chi connectivity index (χ0n) is 12.1. The molecule has 1 aliphatic heterocycles. The van der Waals surface area contributed by atoms with E-state index in [-0.39, 0.29) is 17.7 Å². The summed E-state index contributed by atoms with van der Waals surface area (Å²) in [6.07, 6.45) is 7.04. The minimum absolute atomic E-state index is 0.0269. The molecule has 1 saturated heterocycles. The first kappa shape index (κ1) is 14.8. The van der Waals surface area contributed by atoms with Gasteiger partial charge in [-0.1, -0.05) is 0 Å². The fraction of sp³-hybridized carbons (Fsp3) is 0.294. The van der Waals surface area contributed by atoms with Crippen molar-refractivity contribution < 1.29 is 14.0 Å². The van der Waals surface area contributed by atoms with Gasteiger partial charge in [0.2, 0.25) is 5.91 Å². The molecule has 1 aliphatic rings. The lowest BCUT2D eigenvalue weighted by atomic mass is 10.1. The Labute approximate surface area is 133 Å². The first-order valence-electron chi connectivity index (χ1n) is 7.31. The number of ketones is 1. The average Bonchev–Trinajstić information content (AvgIpc) is 3.25. The minimum atomic E-state index is -0.0449. The molecule has 1 fully saturated rings. The van der Waals surface area contributed by atoms with Crippen molar-refractivity contribution in [1.29, 1.82) is 0 Å². The second-order valence-electron chi connectivity index (χ2n) is 5.32. The topological polar surface area (TPSA) is 50.5 Å². The normalized spacial score (nSPS) is 18.2. The lowest BCUT2D eigenvalue weighted by molar-refractivity contribution is -0.126. The van der Waals surface area contributed by atoms with Crippen molar-refractivity contribution >= 4 is 29.1 Å². The highest BCUT2D eigenvalue weighted by Gasteiger charge is 2.30. The van der Waals surface area contributed by atoms with Crippen LogP contribution in [0.3, 0.4) is 0 Å². The second-order valence-corrected chi connectivity index (χ2v) is 6.10. The molecule has 1 unspecified atom stereocenters. The molecule has 2 aromatic heterocycles. The standard InChI is InChI=1S/C17H17NO3S/c19-15(16-4-2-9-21-16)11-14-3-1-8-18(14)17(20)6-5-13-7-10-22-12-13/h2,4-7,9-10,12,14H,1,3,8,11H2. The maximum atomic E-state index is 12.3. The summed E-state index contributed by atoms with van der Waals surface area (Å²) in [6, 6.07) is 5.31. The molecule has 0 aliphatic carbocycles. The van der Waals surface area contributed by atoms with Crippen molar-refractivity contribution in [2.24, 2.45) is 0 Å². The van der Waals surface area contributed by atoms with Crippen LogP contribution in [0.1, 0.15) is 35.4 Å². The smallest absolute Gasteiger partial charge is 0.246 e. The average molecular weight is 315 g/mol. The van der Waals surface area contributed by atoms with Crippen LogP contribution in [-0.4, -0.2) is 29.2 Å². The van der Waals surface area contributed by atoms with Gasteiger partial charge in [0, 0.05) is 25.1 Å². The van der Waals surface area contributed by atoms with Crippen molar-refractivity contribution in [3.8, 4) is 0 Å². The predicted octanol–water partition coefficient (Wildman–Crippen LogP) is 3.62. The lowest BCUT2D eigenvalue weighted by Crippen LogP contribution is -2.35. The van der Waals surface area contributed by atoms with Crippen LogP contribution < -0.4 is 0 Å². The third kappa shape index (κ3) is 3.36. The van der Waals surface area contributed by atoms with E-state index in [1.165, 1.54) is 6.26 Å². The fourth-order valence-electron chi connectivity index (χ4n) is 2.72. The molecule has 1 amide bonds. The first-order valence-corrected chi connectivity index (χ1v) is 8.26. The number of amides is 1. The quantitative estimate of drug-likeness (QED) is 0.625. The van der Waals surface area contributed by atoms with E-state index in [1.54, 1.807) is 34.4 Å². The molecule has 0 radical (unpaired) electrons. The van der Waals surface area contributed by atoms with E-state index in [2.05, 4.69) is 0 Å². The molecule has 3 heterocycles. The lowest BCUT2D eigenvalue weighted by Gasteiger charge is -2.22. The van der Waals surface area contributed by atoms with Gasteiger partial charge in [-0.25, -0.2) is 0 Å². The van der Waals surface area contributed by atoms with Crippen LogP contribution in [0.2, 0.25) is 0 Å². The van der Waals surface area contributed by atoms with Crippen LogP contribution in [0.4, 0.5) is 0 Å². The molecule has 5 heteroatoms.